The summed E-state index contributed by atoms with van der Waals surface area (Å²) in [5.74, 6) is 0. The van der Waals surface area contributed by atoms with Gasteiger partial charge in [0.15, 0.2) is 0 Å². The number of nitrogens with one attached hydrogen (secondary N) is 1. The minimum Gasteiger partial charge on any atom is -0.305 e. The zero-order valence-electron chi connectivity index (χ0n) is 8.81. The number of benzene rings is 1. The molecule has 0 fully saturated rings. The van der Waals surface area contributed by atoms with Crippen LogP contribution in [-0.4, -0.2) is 0 Å². The second-order valence-corrected chi connectivity index (χ2v) is 4.62. The minimum absolute atomic E-state index is 0.410. The highest BCUT2D eigenvalue weighted by Crippen LogP contribution is 2.14. The topological polar surface area (TPSA) is 12.0 Å². The largest absolute Gasteiger partial charge is 0.305 e. The molecule has 1 aromatic heterocycles. The predicted molar refractivity (Wildman–Crippen MR) is 66.0 cm³/mol. The zero-order valence-corrected chi connectivity index (χ0v) is 9.63. The Morgan fingerprint density at radius 1 is 1.13 bits per heavy atom. The van der Waals surface area contributed by atoms with Crippen LogP contribution in [0.5, 0.6) is 0 Å². The fourth-order valence-electron chi connectivity index (χ4n) is 1.53. The standard InChI is InChI=1S/C13H15NS/c1-11(12-6-3-2-4-7-12)14-10-13-8-5-9-15-13/h2-9,11,14H,10H2,1H3/t11-/m1/s1. The summed E-state index contributed by atoms with van der Waals surface area (Å²) in [5, 5.41) is 5.63. The van der Waals surface area contributed by atoms with Gasteiger partial charge in [0, 0.05) is 17.5 Å². The lowest BCUT2D eigenvalue weighted by molar-refractivity contribution is 0.579. The molecule has 1 atom stereocenters. The predicted octanol–water partition coefficient (Wildman–Crippen LogP) is 3.60. The van der Waals surface area contributed by atoms with Crippen molar-refractivity contribution in [2.75, 3.05) is 0 Å². The van der Waals surface area contributed by atoms with Crippen molar-refractivity contribution in [3.05, 3.63) is 58.3 Å². The maximum Gasteiger partial charge on any atom is 0.0305 e. The van der Waals surface area contributed by atoms with E-state index >= 15 is 0 Å². The molecule has 1 nitrogen and oxygen atoms in total. The Labute approximate surface area is 94.8 Å². The molecule has 0 saturated heterocycles. The highest BCUT2D eigenvalue weighted by atomic mass is 32.1. The molecule has 1 aromatic carbocycles. The Kier molecular flexibility index (Phi) is 3.54. The SMILES string of the molecule is C[C@@H](NCc1cccs1)c1ccccc1. The Morgan fingerprint density at radius 2 is 1.93 bits per heavy atom. The molecule has 2 aromatic rings. The molecule has 2 rings (SSSR count). The van der Waals surface area contributed by atoms with Crippen LogP contribution in [0.3, 0.4) is 0 Å². The zero-order chi connectivity index (χ0) is 10.5. The molecule has 0 aliphatic heterocycles. The molecule has 15 heavy (non-hydrogen) atoms. The van der Waals surface area contributed by atoms with Gasteiger partial charge in [-0.05, 0) is 23.9 Å². The van der Waals surface area contributed by atoms with Crippen LogP contribution in [0, 0.1) is 0 Å². The van der Waals surface area contributed by atoms with E-state index in [9.17, 15) is 0 Å². The molecule has 0 spiro atoms. The lowest BCUT2D eigenvalue weighted by Gasteiger charge is -2.13. The van der Waals surface area contributed by atoms with E-state index in [1.807, 2.05) is 0 Å². The van der Waals surface area contributed by atoms with Gasteiger partial charge in [0.05, 0.1) is 0 Å². The van der Waals surface area contributed by atoms with Crippen molar-refractivity contribution in [3.8, 4) is 0 Å². The molecule has 0 aliphatic rings. The summed E-state index contributed by atoms with van der Waals surface area (Å²) in [6.45, 7) is 3.15. The van der Waals surface area contributed by atoms with Gasteiger partial charge in [0.2, 0.25) is 0 Å². The lowest BCUT2D eigenvalue weighted by Crippen LogP contribution is -2.17. The third-order valence-electron chi connectivity index (χ3n) is 2.46. The van der Waals surface area contributed by atoms with E-state index < -0.39 is 0 Å². The van der Waals surface area contributed by atoms with Crippen molar-refractivity contribution in [1.29, 1.82) is 0 Å². The Hall–Kier alpha value is -1.12. The number of hydrogen-bond donors (Lipinski definition) is 1. The Morgan fingerprint density at radius 3 is 2.60 bits per heavy atom. The molecule has 0 bridgehead atoms. The second-order valence-electron chi connectivity index (χ2n) is 3.59. The summed E-state index contributed by atoms with van der Waals surface area (Å²) in [5.41, 5.74) is 1.34. The first-order chi connectivity index (χ1) is 7.36. The van der Waals surface area contributed by atoms with Crippen LogP contribution < -0.4 is 5.32 Å². The summed E-state index contributed by atoms with van der Waals surface area (Å²) in [6.07, 6.45) is 0. The molecule has 0 aliphatic carbocycles. The molecule has 0 amide bonds. The fourth-order valence-corrected chi connectivity index (χ4v) is 2.18. The van der Waals surface area contributed by atoms with E-state index in [4.69, 9.17) is 0 Å². The van der Waals surface area contributed by atoms with Crippen LogP contribution in [0.25, 0.3) is 0 Å². The number of thiophene rings is 1. The van der Waals surface area contributed by atoms with Crippen LogP contribution >= 0.6 is 11.3 Å². The van der Waals surface area contributed by atoms with E-state index in [-0.39, 0.29) is 0 Å². The van der Waals surface area contributed by atoms with Crippen molar-refractivity contribution in [3.63, 3.8) is 0 Å². The average Bonchev–Trinajstić information content (AvgIpc) is 2.80. The molecule has 1 N–H and O–H groups in total. The normalized spacial score (nSPS) is 12.6. The fraction of sp³-hybridized carbons (Fsp3) is 0.231. The molecule has 1 heterocycles. The van der Waals surface area contributed by atoms with Gasteiger partial charge >= 0.3 is 0 Å². The monoisotopic (exact) mass is 217 g/mol. The molecular formula is C13H15NS. The number of rotatable bonds is 4. The van der Waals surface area contributed by atoms with Gasteiger partial charge in [-0.1, -0.05) is 36.4 Å². The van der Waals surface area contributed by atoms with E-state index in [0.717, 1.165) is 6.54 Å². The molecule has 2 heteroatoms. The highest BCUT2D eigenvalue weighted by Gasteiger charge is 2.03. The average molecular weight is 217 g/mol. The van der Waals surface area contributed by atoms with Gasteiger partial charge in [0.25, 0.3) is 0 Å². The van der Waals surface area contributed by atoms with Gasteiger partial charge in [0.1, 0.15) is 0 Å². The summed E-state index contributed by atoms with van der Waals surface area (Å²) >= 11 is 1.80. The van der Waals surface area contributed by atoms with Crippen LogP contribution in [0.15, 0.2) is 47.8 Å². The third-order valence-corrected chi connectivity index (χ3v) is 3.34. The molecular weight excluding hydrogens is 202 g/mol. The van der Waals surface area contributed by atoms with Gasteiger partial charge in [-0.15, -0.1) is 11.3 Å². The van der Waals surface area contributed by atoms with E-state index in [1.54, 1.807) is 11.3 Å². The Balaban J connectivity index is 1.90. The van der Waals surface area contributed by atoms with Crippen LogP contribution in [0.4, 0.5) is 0 Å². The first kappa shape index (κ1) is 10.4. The minimum atomic E-state index is 0.410. The molecule has 0 unspecified atom stereocenters. The highest BCUT2D eigenvalue weighted by molar-refractivity contribution is 7.09. The molecule has 0 saturated carbocycles. The van der Waals surface area contributed by atoms with Crippen LogP contribution in [0.2, 0.25) is 0 Å². The Bertz CT molecular complexity index is 380. The van der Waals surface area contributed by atoms with Crippen molar-refractivity contribution >= 4 is 11.3 Å². The molecule has 78 valence electrons. The first-order valence-corrected chi connectivity index (χ1v) is 6.05. The van der Waals surface area contributed by atoms with E-state index in [1.165, 1.54) is 10.4 Å². The van der Waals surface area contributed by atoms with Gasteiger partial charge in [-0.25, -0.2) is 0 Å². The second kappa shape index (κ2) is 5.10. The van der Waals surface area contributed by atoms with Gasteiger partial charge in [-0.2, -0.15) is 0 Å². The maximum atomic E-state index is 3.51. The summed E-state index contributed by atoms with van der Waals surface area (Å²) in [7, 11) is 0. The lowest BCUT2D eigenvalue weighted by atomic mass is 10.1. The molecule has 0 radical (unpaired) electrons. The summed E-state index contributed by atoms with van der Waals surface area (Å²) < 4.78 is 0. The van der Waals surface area contributed by atoms with E-state index in [2.05, 4.69) is 60.1 Å². The quantitative estimate of drug-likeness (QED) is 0.825. The number of hydrogen-bond acceptors (Lipinski definition) is 2. The summed E-state index contributed by atoms with van der Waals surface area (Å²) in [4.78, 5) is 1.39. The van der Waals surface area contributed by atoms with Gasteiger partial charge < -0.3 is 5.32 Å². The third kappa shape index (κ3) is 2.91. The van der Waals surface area contributed by atoms with Crippen LogP contribution in [0.1, 0.15) is 23.4 Å². The van der Waals surface area contributed by atoms with Crippen molar-refractivity contribution in [1.82, 2.24) is 5.32 Å². The van der Waals surface area contributed by atoms with E-state index in [0.29, 0.717) is 6.04 Å². The van der Waals surface area contributed by atoms with Gasteiger partial charge in [-0.3, -0.25) is 0 Å². The smallest absolute Gasteiger partial charge is 0.0305 e. The van der Waals surface area contributed by atoms with Crippen molar-refractivity contribution in [2.45, 2.75) is 19.5 Å². The van der Waals surface area contributed by atoms with Crippen molar-refractivity contribution < 1.29 is 0 Å². The summed E-state index contributed by atoms with van der Waals surface area (Å²) in [6, 6.07) is 15.2. The van der Waals surface area contributed by atoms with Crippen molar-refractivity contribution in [2.24, 2.45) is 0 Å². The first-order valence-electron chi connectivity index (χ1n) is 5.17. The van der Waals surface area contributed by atoms with Crippen LogP contribution in [-0.2, 0) is 6.54 Å². The maximum absolute atomic E-state index is 3.51.